The van der Waals surface area contributed by atoms with Gasteiger partial charge in [0.25, 0.3) is 11.8 Å². The van der Waals surface area contributed by atoms with Crippen LogP contribution in [0.2, 0.25) is 0 Å². The second-order valence-corrected chi connectivity index (χ2v) is 6.50. The number of benzene rings is 3. The maximum atomic E-state index is 13.0. The smallest absolute Gasteiger partial charge is 0.273 e. The second kappa shape index (κ2) is 8.44. The van der Waals surface area contributed by atoms with Crippen LogP contribution in [0.15, 0.2) is 78.1 Å². The Hall–Kier alpha value is -4.20. The van der Waals surface area contributed by atoms with Gasteiger partial charge in [-0.1, -0.05) is 30.3 Å². The molecule has 1 heterocycles. The molecule has 150 valence electrons. The Morgan fingerprint density at radius 2 is 1.67 bits per heavy atom. The molecule has 0 saturated heterocycles. The largest absolute Gasteiger partial charge is 0.484 e. The van der Waals surface area contributed by atoms with E-state index in [1.165, 1.54) is 12.1 Å². The Kier molecular flexibility index (Phi) is 5.38. The van der Waals surface area contributed by atoms with Crippen molar-refractivity contribution in [3.8, 4) is 17.2 Å². The zero-order valence-corrected chi connectivity index (χ0v) is 15.8. The van der Waals surface area contributed by atoms with E-state index in [4.69, 9.17) is 9.47 Å². The zero-order chi connectivity index (χ0) is 20.9. The third-order valence-electron chi connectivity index (χ3n) is 4.60. The molecule has 0 saturated carbocycles. The number of para-hydroxylation sites is 3. The maximum Gasteiger partial charge on any atom is 0.273 e. The number of hydrogen-bond donors (Lipinski definition) is 1. The number of fused-ring (bicyclic) bond motifs is 2. The molecule has 0 aliphatic carbocycles. The van der Waals surface area contributed by atoms with Crippen molar-refractivity contribution in [1.82, 2.24) is 5.43 Å². The van der Waals surface area contributed by atoms with Gasteiger partial charge in [0.05, 0.1) is 17.5 Å². The molecule has 3 aromatic carbocycles. The lowest BCUT2D eigenvalue weighted by molar-refractivity contribution is -0.120. The highest BCUT2D eigenvalue weighted by Gasteiger charge is 2.25. The van der Waals surface area contributed by atoms with E-state index < -0.39 is 5.91 Å². The summed E-state index contributed by atoms with van der Waals surface area (Å²) in [6, 6.07) is 21.0. The molecule has 0 spiro atoms. The average molecular weight is 403 g/mol. The van der Waals surface area contributed by atoms with Crippen LogP contribution >= 0.6 is 0 Å². The fraction of sp³-hybridized carbons (Fsp3) is 0.0909. The number of carbonyl (C=O) groups is 2. The Morgan fingerprint density at radius 3 is 2.43 bits per heavy atom. The van der Waals surface area contributed by atoms with Gasteiger partial charge in [-0.05, 0) is 42.5 Å². The Morgan fingerprint density at radius 1 is 0.967 bits per heavy atom. The first kappa shape index (κ1) is 19.1. The van der Waals surface area contributed by atoms with Gasteiger partial charge in [-0.2, -0.15) is 0 Å². The molecular weight excluding hydrogens is 386 g/mol. The minimum Gasteiger partial charge on any atom is -0.484 e. The number of carbonyl (C=O) groups excluding carboxylic acids is 2. The fourth-order valence-corrected chi connectivity index (χ4v) is 3.13. The topological polar surface area (TPSA) is 97.3 Å². The maximum absolute atomic E-state index is 13.0. The quantitative estimate of drug-likeness (QED) is 0.516. The van der Waals surface area contributed by atoms with Gasteiger partial charge < -0.3 is 14.4 Å². The fourth-order valence-electron chi connectivity index (χ4n) is 3.13. The van der Waals surface area contributed by atoms with Crippen LogP contribution in [0.4, 0.5) is 5.69 Å². The van der Waals surface area contributed by atoms with Crippen LogP contribution in [0.3, 0.4) is 0 Å². The molecule has 30 heavy (non-hydrogen) atoms. The highest BCUT2D eigenvalue weighted by molar-refractivity contribution is 5.96. The summed E-state index contributed by atoms with van der Waals surface area (Å²) in [5, 5.41) is 2.35. The molecule has 0 fully saturated rings. The first-order valence-corrected chi connectivity index (χ1v) is 9.16. The number of nitroso groups, excluding NO2 is 1. The van der Waals surface area contributed by atoms with Gasteiger partial charge in [0, 0.05) is 11.1 Å². The van der Waals surface area contributed by atoms with Crippen LogP contribution in [0.25, 0.3) is 0 Å². The minimum absolute atomic E-state index is 0.196. The molecule has 1 aliphatic rings. The van der Waals surface area contributed by atoms with Crippen molar-refractivity contribution in [1.29, 1.82) is 0 Å². The van der Waals surface area contributed by atoms with E-state index in [0.717, 1.165) is 5.56 Å². The molecule has 3 aromatic rings. The first-order valence-electron chi connectivity index (χ1n) is 9.16. The highest BCUT2D eigenvalue weighted by atomic mass is 16.5. The van der Waals surface area contributed by atoms with Crippen LogP contribution in [-0.2, 0) is 11.3 Å². The summed E-state index contributed by atoms with van der Waals surface area (Å²) in [4.78, 5) is 36.3. The lowest BCUT2D eigenvalue weighted by atomic mass is 10.2. The Bertz CT molecular complexity index is 1100. The van der Waals surface area contributed by atoms with Crippen LogP contribution in [0.5, 0.6) is 17.2 Å². The average Bonchev–Trinajstić information content (AvgIpc) is 2.95. The highest BCUT2D eigenvalue weighted by Crippen LogP contribution is 2.38. The first-order chi connectivity index (χ1) is 14.7. The van der Waals surface area contributed by atoms with Crippen LogP contribution < -0.4 is 19.8 Å². The van der Waals surface area contributed by atoms with Crippen LogP contribution in [0, 0.1) is 4.91 Å². The summed E-state index contributed by atoms with van der Waals surface area (Å²) in [6.45, 7) is 0.158. The Balaban J connectivity index is 1.50. The number of hydrogen-bond acceptors (Lipinski definition) is 6. The number of nitrogens with one attached hydrogen (secondary N) is 1. The zero-order valence-electron chi connectivity index (χ0n) is 15.8. The van der Waals surface area contributed by atoms with Gasteiger partial charge in [0.15, 0.2) is 12.4 Å². The van der Waals surface area contributed by atoms with E-state index in [1.807, 2.05) is 54.0 Å². The molecule has 1 N–H and O–H groups in total. The van der Waals surface area contributed by atoms with Crippen molar-refractivity contribution < 1.29 is 19.1 Å². The molecule has 1 aliphatic heterocycles. The van der Waals surface area contributed by atoms with Crippen molar-refractivity contribution in [3.05, 3.63) is 88.8 Å². The van der Waals surface area contributed by atoms with Crippen LogP contribution in [0.1, 0.15) is 15.9 Å². The van der Waals surface area contributed by atoms with Crippen LogP contribution in [-0.4, -0.2) is 18.4 Å². The number of rotatable bonds is 5. The van der Waals surface area contributed by atoms with Crippen molar-refractivity contribution in [2.24, 2.45) is 5.29 Å². The van der Waals surface area contributed by atoms with Crippen molar-refractivity contribution in [3.63, 3.8) is 0 Å². The van der Waals surface area contributed by atoms with Crippen molar-refractivity contribution in [2.75, 3.05) is 11.5 Å². The third-order valence-corrected chi connectivity index (χ3v) is 4.60. The molecule has 0 bridgehead atoms. The predicted octanol–water partition coefficient (Wildman–Crippen LogP) is 3.82. The van der Waals surface area contributed by atoms with E-state index >= 15 is 0 Å². The van der Waals surface area contributed by atoms with Gasteiger partial charge in [0.1, 0.15) is 11.5 Å². The van der Waals surface area contributed by atoms with Gasteiger partial charge >= 0.3 is 0 Å². The standard InChI is InChI=1S/C22H17N3O5/c26-21(14-29-17-11-9-15(10-12-17)22(27)23-24-28)25-13-16-5-1-3-7-19(16)30-20-8-4-2-6-18(20)25/h1-12H,13-14H2,(H,23,27,28). The summed E-state index contributed by atoms with van der Waals surface area (Å²) in [5.74, 6) is 0.857. The van der Waals surface area contributed by atoms with E-state index in [0.29, 0.717) is 29.5 Å². The Labute approximate surface area is 172 Å². The van der Waals surface area contributed by atoms with Gasteiger partial charge in [-0.25, -0.2) is 5.43 Å². The van der Waals surface area contributed by atoms with E-state index in [2.05, 4.69) is 5.29 Å². The van der Waals surface area contributed by atoms with E-state index in [-0.39, 0.29) is 18.1 Å². The normalized spacial score (nSPS) is 11.9. The molecule has 0 aromatic heterocycles. The second-order valence-electron chi connectivity index (χ2n) is 6.50. The molecule has 0 unspecified atom stereocenters. The molecular formula is C22H17N3O5. The number of amides is 2. The van der Waals surface area contributed by atoms with E-state index in [1.54, 1.807) is 17.0 Å². The molecule has 2 amide bonds. The summed E-state index contributed by atoms with van der Waals surface area (Å²) >= 11 is 0. The summed E-state index contributed by atoms with van der Waals surface area (Å²) < 4.78 is 11.6. The summed E-state index contributed by atoms with van der Waals surface area (Å²) in [6.07, 6.45) is 0. The molecule has 8 heteroatoms. The van der Waals surface area contributed by atoms with Crippen molar-refractivity contribution in [2.45, 2.75) is 6.54 Å². The molecule has 4 rings (SSSR count). The van der Waals surface area contributed by atoms with Gasteiger partial charge in [-0.15, -0.1) is 4.91 Å². The number of ether oxygens (including phenoxy) is 2. The summed E-state index contributed by atoms with van der Waals surface area (Å²) in [7, 11) is 0. The molecule has 8 nitrogen and oxygen atoms in total. The minimum atomic E-state index is -0.618. The third kappa shape index (κ3) is 3.97. The lowest BCUT2D eigenvalue weighted by Crippen LogP contribution is -2.34. The van der Waals surface area contributed by atoms with Crippen molar-refractivity contribution >= 4 is 17.5 Å². The molecule has 0 radical (unpaired) electrons. The van der Waals surface area contributed by atoms with Gasteiger partial charge in [-0.3, -0.25) is 9.59 Å². The monoisotopic (exact) mass is 403 g/mol. The number of anilines is 1. The predicted molar refractivity (Wildman–Crippen MR) is 109 cm³/mol. The number of nitrogens with zero attached hydrogens (tertiary/aromatic N) is 2. The lowest BCUT2D eigenvalue weighted by Gasteiger charge is -2.22. The SMILES string of the molecule is O=NNC(=O)c1ccc(OCC(=O)N2Cc3ccccc3Oc3ccccc32)cc1. The van der Waals surface area contributed by atoms with Gasteiger partial charge in [0.2, 0.25) is 0 Å². The summed E-state index contributed by atoms with van der Waals surface area (Å²) in [5.41, 5.74) is 3.62. The van der Waals surface area contributed by atoms with E-state index in [9.17, 15) is 14.5 Å². The molecule has 0 atom stereocenters.